The first kappa shape index (κ1) is 17.9. The molecule has 3 heterocycles. The van der Waals surface area contributed by atoms with E-state index in [0.717, 1.165) is 24.3 Å². The highest BCUT2D eigenvalue weighted by molar-refractivity contribution is 5.23. The van der Waals surface area contributed by atoms with Crippen molar-refractivity contribution in [2.24, 2.45) is 11.8 Å². The van der Waals surface area contributed by atoms with Crippen LogP contribution in [0, 0.1) is 11.8 Å². The van der Waals surface area contributed by atoms with Gasteiger partial charge in [-0.2, -0.15) is 0 Å². The lowest BCUT2D eigenvalue weighted by molar-refractivity contribution is -0.0788. The minimum Gasteiger partial charge on any atom is -0.393 e. The predicted octanol–water partition coefficient (Wildman–Crippen LogP) is 3.55. The lowest BCUT2D eigenvalue weighted by Crippen LogP contribution is -2.41. The standard InChI is InChI=1S/C14H20O2.C7H13N/c15-11-14(16,12-7-3-1-4-8-12)13-9-5-2-6-10-13;1-4-8-5-2-7(1)3-6-8/h1,3-4,7-8,13,15-16H,2,5-6,9-11H2;7H,1-6H2. The van der Waals surface area contributed by atoms with Crippen LogP contribution in [0.4, 0.5) is 0 Å². The Morgan fingerprint density at radius 3 is 1.88 bits per heavy atom. The van der Waals surface area contributed by atoms with Crippen molar-refractivity contribution in [3.05, 3.63) is 35.9 Å². The zero-order valence-electron chi connectivity index (χ0n) is 14.9. The lowest BCUT2D eigenvalue weighted by atomic mass is 9.74. The second-order valence-electron chi connectivity index (χ2n) is 7.86. The Hall–Kier alpha value is -0.900. The van der Waals surface area contributed by atoms with Gasteiger partial charge in [-0.05, 0) is 69.1 Å². The van der Waals surface area contributed by atoms with Crippen LogP contribution in [-0.2, 0) is 5.60 Å². The lowest BCUT2D eigenvalue weighted by Gasteiger charge is -2.38. The number of rotatable bonds is 3. The molecule has 1 aromatic rings. The molecule has 1 aromatic carbocycles. The van der Waals surface area contributed by atoms with Gasteiger partial charge in [-0.1, -0.05) is 49.6 Å². The summed E-state index contributed by atoms with van der Waals surface area (Å²) < 4.78 is 0. The van der Waals surface area contributed by atoms with Gasteiger partial charge in [0.05, 0.1) is 6.61 Å². The molecule has 5 rings (SSSR count). The largest absolute Gasteiger partial charge is 0.393 e. The van der Waals surface area contributed by atoms with E-state index in [2.05, 4.69) is 4.90 Å². The summed E-state index contributed by atoms with van der Waals surface area (Å²) in [6, 6.07) is 9.58. The zero-order valence-corrected chi connectivity index (χ0v) is 14.9. The summed E-state index contributed by atoms with van der Waals surface area (Å²) in [6.45, 7) is 4.00. The Labute approximate surface area is 146 Å². The average Bonchev–Trinajstić information content (AvgIpc) is 2.71. The van der Waals surface area contributed by atoms with Gasteiger partial charge in [-0.25, -0.2) is 0 Å². The molecule has 3 aliphatic heterocycles. The molecule has 1 atom stereocenters. The first-order valence-corrected chi connectivity index (χ1v) is 9.83. The van der Waals surface area contributed by atoms with E-state index in [9.17, 15) is 10.2 Å². The van der Waals surface area contributed by atoms with Gasteiger partial charge in [0.15, 0.2) is 0 Å². The fourth-order valence-corrected chi connectivity index (χ4v) is 4.63. The number of benzene rings is 1. The third-order valence-corrected chi connectivity index (χ3v) is 6.36. The fourth-order valence-electron chi connectivity index (χ4n) is 4.63. The second-order valence-corrected chi connectivity index (χ2v) is 7.86. The van der Waals surface area contributed by atoms with Crippen molar-refractivity contribution in [2.45, 2.75) is 57.0 Å². The van der Waals surface area contributed by atoms with E-state index in [-0.39, 0.29) is 12.5 Å². The highest BCUT2D eigenvalue weighted by atomic mass is 16.3. The van der Waals surface area contributed by atoms with Crippen LogP contribution in [0.3, 0.4) is 0 Å². The normalized spacial score (nSPS) is 29.4. The molecule has 2 bridgehead atoms. The number of aliphatic hydroxyl groups is 2. The molecule has 2 N–H and O–H groups in total. The summed E-state index contributed by atoms with van der Waals surface area (Å²) in [4.78, 5) is 2.58. The maximum absolute atomic E-state index is 10.7. The van der Waals surface area contributed by atoms with Crippen molar-refractivity contribution in [1.29, 1.82) is 0 Å². The van der Waals surface area contributed by atoms with Crippen molar-refractivity contribution in [2.75, 3.05) is 26.2 Å². The van der Waals surface area contributed by atoms with Crippen LogP contribution in [0.2, 0.25) is 0 Å². The van der Waals surface area contributed by atoms with Crippen molar-refractivity contribution in [1.82, 2.24) is 4.90 Å². The molecule has 0 aromatic heterocycles. The molecular weight excluding hydrogens is 298 g/mol. The van der Waals surface area contributed by atoms with Gasteiger partial charge in [-0.3, -0.25) is 0 Å². The number of hydrogen-bond donors (Lipinski definition) is 2. The van der Waals surface area contributed by atoms with E-state index in [4.69, 9.17) is 0 Å². The maximum Gasteiger partial charge on any atom is 0.115 e. The highest BCUT2D eigenvalue weighted by Crippen LogP contribution is 2.38. The van der Waals surface area contributed by atoms with Gasteiger partial charge in [-0.15, -0.1) is 0 Å². The molecule has 0 radical (unpaired) electrons. The monoisotopic (exact) mass is 331 g/mol. The molecule has 1 aliphatic carbocycles. The number of aliphatic hydroxyl groups excluding tert-OH is 1. The van der Waals surface area contributed by atoms with Gasteiger partial charge in [0.2, 0.25) is 0 Å². The Bertz CT molecular complexity index is 455. The van der Waals surface area contributed by atoms with E-state index in [1.54, 1.807) is 0 Å². The molecule has 3 heteroatoms. The summed E-state index contributed by atoms with van der Waals surface area (Å²) in [6.07, 6.45) is 10.1. The molecule has 0 amide bonds. The van der Waals surface area contributed by atoms with Crippen LogP contribution >= 0.6 is 0 Å². The van der Waals surface area contributed by atoms with E-state index in [1.807, 2.05) is 30.3 Å². The summed E-state index contributed by atoms with van der Waals surface area (Å²) in [7, 11) is 0. The topological polar surface area (TPSA) is 43.7 Å². The average molecular weight is 332 g/mol. The predicted molar refractivity (Wildman–Crippen MR) is 97.8 cm³/mol. The first-order valence-electron chi connectivity index (χ1n) is 9.83. The summed E-state index contributed by atoms with van der Waals surface area (Å²) in [5.41, 5.74) is -0.189. The van der Waals surface area contributed by atoms with Gasteiger partial charge in [0, 0.05) is 0 Å². The Morgan fingerprint density at radius 1 is 0.875 bits per heavy atom. The van der Waals surface area contributed by atoms with Crippen LogP contribution in [-0.4, -0.2) is 41.4 Å². The third-order valence-electron chi connectivity index (χ3n) is 6.36. The molecular formula is C21H33NO2. The molecule has 1 unspecified atom stereocenters. The van der Waals surface area contributed by atoms with Gasteiger partial charge >= 0.3 is 0 Å². The maximum atomic E-state index is 10.7. The van der Waals surface area contributed by atoms with Gasteiger partial charge in [0.1, 0.15) is 5.60 Å². The van der Waals surface area contributed by atoms with E-state index >= 15 is 0 Å². The van der Waals surface area contributed by atoms with Crippen molar-refractivity contribution < 1.29 is 10.2 Å². The molecule has 4 fully saturated rings. The van der Waals surface area contributed by atoms with Crippen molar-refractivity contribution in [3.8, 4) is 0 Å². The Balaban J connectivity index is 0.000000175. The van der Waals surface area contributed by atoms with Crippen molar-refractivity contribution in [3.63, 3.8) is 0 Å². The molecule has 134 valence electrons. The van der Waals surface area contributed by atoms with E-state index in [0.29, 0.717) is 0 Å². The summed E-state index contributed by atoms with van der Waals surface area (Å²) >= 11 is 0. The van der Waals surface area contributed by atoms with Gasteiger partial charge in [0.25, 0.3) is 0 Å². The zero-order chi connectivity index (χ0) is 16.8. The molecule has 0 spiro atoms. The summed E-state index contributed by atoms with van der Waals surface area (Å²) in [5, 5.41) is 20.2. The van der Waals surface area contributed by atoms with Crippen LogP contribution in [0.1, 0.15) is 56.9 Å². The van der Waals surface area contributed by atoms with E-state index < -0.39 is 5.60 Å². The number of fused-ring (bicyclic) bond motifs is 3. The number of hydrogen-bond acceptors (Lipinski definition) is 3. The Morgan fingerprint density at radius 2 is 1.46 bits per heavy atom. The van der Waals surface area contributed by atoms with E-state index in [1.165, 1.54) is 58.2 Å². The quantitative estimate of drug-likeness (QED) is 0.890. The number of nitrogens with zero attached hydrogens (tertiary/aromatic N) is 1. The van der Waals surface area contributed by atoms with Gasteiger partial charge < -0.3 is 15.1 Å². The molecule has 3 nitrogen and oxygen atoms in total. The van der Waals surface area contributed by atoms with Crippen molar-refractivity contribution >= 4 is 0 Å². The smallest absolute Gasteiger partial charge is 0.115 e. The summed E-state index contributed by atoms with van der Waals surface area (Å²) in [5.74, 6) is 1.31. The van der Waals surface area contributed by atoms with Crippen LogP contribution < -0.4 is 0 Å². The molecule has 4 aliphatic rings. The number of piperidine rings is 3. The van der Waals surface area contributed by atoms with Crippen LogP contribution in [0.5, 0.6) is 0 Å². The SMILES string of the molecule is C1CN2CCC1CC2.OCC(O)(c1ccccc1)C1CCCCC1. The Kier molecular flexibility index (Phi) is 6.31. The minimum atomic E-state index is -1.04. The molecule has 3 saturated heterocycles. The van der Waals surface area contributed by atoms with Crippen LogP contribution in [0.25, 0.3) is 0 Å². The first-order chi connectivity index (χ1) is 11.7. The molecule has 24 heavy (non-hydrogen) atoms. The fraction of sp³-hybridized carbons (Fsp3) is 0.714. The highest BCUT2D eigenvalue weighted by Gasteiger charge is 2.38. The third kappa shape index (κ3) is 4.19. The van der Waals surface area contributed by atoms with Crippen LogP contribution in [0.15, 0.2) is 30.3 Å². The molecule has 1 saturated carbocycles. The second kappa shape index (κ2) is 8.46. The minimum absolute atomic E-state index is 0.179.